The third-order valence-electron chi connectivity index (χ3n) is 1.14. The van der Waals surface area contributed by atoms with E-state index < -0.39 is 0 Å². The molecule has 0 aromatic carbocycles. The number of hydrogen-bond donors (Lipinski definition) is 0. The molecule has 0 aromatic rings. The second kappa shape index (κ2) is 3.80. The van der Waals surface area contributed by atoms with Gasteiger partial charge in [-0.25, -0.2) is 0 Å². The summed E-state index contributed by atoms with van der Waals surface area (Å²) in [4.78, 5) is 0. The summed E-state index contributed by atoms with van der Waals surface area (Å²) in [5.74, 6) is 0. The first-order valence-corrected chi connectivity index (χ1v) is 2.90. The van der Waals surface area contributed by atoms with Crippen molar-refractivity contribution in [1.82, 2.24) is 0 Å². The fraction of sp³-hybridized carbons (Fsp3) is 0.333. The van der Waals surface area contributed by atoms with Crippen LogP contribution in [-0.4, -0.2) is 31.4 Å². The molecule has 0 saturated heterocycles. The molecule has 0 rings (SSSR count). The molecule has 4 heteroatoms. The number of rotatable bonds is 1. The van der Waals surface area contributed by atoms with E-state index in [0.717, 1.165) is 0 Å². The lowest BCUT2D eigenvalue weighted by molar-refractivity contribution is 1.55. The van der Waals surface area contributed by atoms with E-state index in [0.29, 0.717) is 21.9 Å². The molecule has 10 heavy (non-hydrogen) atoms. The van der Waals surface area contributed by atoms with Gasteiger partial charge in [0.2, 0.25) is 0 Å². The number of allylic oxidation sites excluding steroid dienone is 4. The second-order valence-corrected chi connectivity index (χ2v) is 2.19. The zero-order valence-corrected chi connectivity index (χ0v) is 6.31. The normalized spacial score (nSPS) is 15.8. The molecule has 0 fully saturated rings. The van der Waals surface area contributed by atoms with E-state index in [1.54, 1.807) is 13.8 Å². The number of hydrogen-bond acceptors (Lipinski definition) is 0. The Morgan fingerprint density at radius 2 is 0.900 bits per heavy atom. The smallest absolute Gasteiger partial charge is 0.111 e. The van der Waals surface area contributed by atoms with Crippen molar-refractivity contribution in [2.75, 3.05) is 0 Å². The summed E-state index contributed by atoms with van der Waals surface area (Å²) in [6.45, 7) is 3.34. The quantitative estimate of drug-likeness (QED) is 0.342. The summed E-state index contributed by atoms with van der Waals surface area (Å²) in [7, 11) is 21.6. The molecule has 0 aliphatic rings. The fourth-order valence-electron chi connectivity index (χ4n) is 0.425. The van der Waals surface area contributed by atoms with Crippen LogP contribution < -0.4 is 0 Å². The lowest BCUT2D eigenvalue weighted by atomic mass is 9.66. The molecule has 0 amide bonds. The molecule has 8 radical (unpaired) electrons. The Kier molecular flexibility index (Phi) is 3.70. The fourth-order valence-corrected chi connectivity index (χ4v) is 0.425. The summed E-state index contributed by atoms with van der Waals surface area (Å²) < 4.78 is 0. The molecule has 0 atom stereocenters. The zero-order chi connectivity index (χ0) is 8.31. The first kappa shape index (κ1) is 9.74. The molecule has 0 N–H and O–H groups in total. The van der Waals surface area contributed by atoms with E-state index in [1.807, 2.05) is 0 Å². The highest BCUT2D eigenvalue weighted by Gasteiger charge is 1.94. The van der Waals surface area contributed by atoms with Crippen molar-refractivity contribution in [2.45, 2.75) is 13.8 Å². The molecule has 0 heterocycles. The van der Waals surface area contributed by atoms with Gasteiger partial charge in [0, 0.05) is 0 Å². The lowest BCUT2D eigenvalue weighted by Gasteiger charge is -2.07. The molecule has 0 unspecified atom stereocenters. The minimum Gasteiger partial charge on any atom is -0.128 e. The lowest BCUT2D eigenvalue weighted by Crippen LogP contribution is -1.97. The van der Waals surface area contributed by atoms with Gasteiger partial charge in [0.15, 0.2) is 0 Å². The van der Waals surface area contributed by atoms with Crippen LogP contribution in [0.2, 0.25) is 0 Å². The topological polar surface area (TPSA) is 0 Å². The maximum Gasteiger partial charge on any atom is 0.111 e. The molecular weight excluding hydrogens is 115 g/mol. The maximum absolute atomic E-state index is 5.45. The van der Waals surface area contributed by atoms with Crippen molar-refractivity contribution >= 4 is 31.4 Å². The van der Waals surface area contributed by atoms with Crippen molar-refractivity contribution in [1.29, 1.82) is 0 Å². The molecule has 0 spiro atoms. The summed E-state index contributed by atoms with van der Waals surface area (Å²) in [5.41, 5.74) is 1.70. The highest BCUT2D eigenvalue weighted by atomic mass is 13.9. The Bertz CT molecular complexity index is 160. The van der Waals surface area contributed by atoms with Crippen LogP contribution in [-0.2, 0) is 0 Å². The predicted octanol–water partition coefficient (Wildman–Crippen LogP) is 0.123. The Balaban J connectivity index is 4.71. The average Bonchev–Trinajstić information content (AvgIpc) is 1.84. The predicted molar refractivity (Wildman–Crippen MR) is 48.4 cm³/mol. The van der Waals surface area contributed by atoms with Crippen LogP contribution in [0.15, 0.2) is 21.9 Å². The summed E-state index contributed by atoms with van der Waals surface area (Å²) in [6.07, 6.45) is 0. The van der Waals surface area contributed by atoms with E-state index in [9.17, 15) is 0 Å². The second-order valence-electron chi connectivity index (χ2n) is 2.19. The van der Waals surface area contributed by atoms with Gasteiger partial charge in [-0.2, -0.15) is 0 Å². The molecule has 0 aromatic heterocycles. The van der Waals surface area contributed by atoms with Gasteiger partial charge in [-0.3, -0.25) is 0 Å². The molecule has 42 valence electrons. The van der Waals surface area contributed by atoms with E-state index in [-0.39, 0.29) is 0 Å². The molecule has 0 aliphatic heterocycles. The van der Waals surface area contributed by atoms with Gasteiger partial charge in [-0.1, -0.05) is 13.8 Å². The van der Waals surface area contributed by atoms with Crippen molar-refractivity contribution in [3.63, 3.8) is 0 Å². The summed E-state index contributed by atoms with van der Waals surface area (Å²) in [5, 5.41) is 0. The summed E-state index contributed by atoms with van der Waals surface area (Å²) in [6, 6.07) is 0. The van der Waals surface area contributed by atoms with Crippen molar-refractivity contribution in [3.05, 3.63) is 21.9 Å². The van der Waals surface area contributed by atoms with Crippen molar-refractivity contribution in [2.24, 2.45) is 0 Å². The van der Waals surface area contributed by atoms with Gasteiger partial charge in [-0.05, 0) is 0 Å². The van der Waals surface area contributed by atoms with Crippen LogP contribution in [0, 0.1) is 0 Å². The minimum atomic E-state index is 0.361. The van der Waals surface area contributed by atoms with Crippen LogP contribution in [0.1, 0.15) is 13.8 Å². The van der Waals surface area contributed by atoms with Crippen LogP contribution in [0.3, 0.4) is 0 Å². The van der Waals surface area contributed by atoms with E-state index in [1.165, 1.54) is 0 Å². The van der Waals surface area contributed by atoms with Gasteiger partial charge in [0.25, 0.3) is 0 Å². The van der Waals surface area contributed by atoms with Crippen molar-refractivity contribution < 1.29 is 0 Å². The monoisotopic (exact) mass is 122 g/mol. The maximum atomic E-state index is 5.45. The van der Waals surface area contributed by atoms with E-state index in [2.05, 4.69) is 0 Å². The largest absolute Gasteiger partial charge is 0.128 e. The standard InChI is InChI=1S/C6H6B4/c1-3(7)5(9)6(10)4(2)8/h1-2H3/b5-3-,6-4-. The minimum absolute atomic E-state index is 0.361. The summed E-state index contributed by atoms with van der Waals surface area (Å²) >= 11 is 0. The Labute approximate surface area is 67.8 Å². The SMILES string of the molecule is [B]/C(C)=C([B])/C([B])=C(/[B])C. The van der Waals surface area contributed by atoms with Gasteiger partial charge < -0.3 is 0 Å². The van der Waals surface area contributed by atoms with Gasteiger partial charge in [-0.15, -0.1) is 21.9 Å². The first-order valence-electron chi connectivity index (χ1n) is 2.90. The third kappa shape index (κ3) is 2.55. The van der Waals surface area contributed by atoms with Gasteiger partial charge in [0.05, 0.1) is 0 Å². The van der Waals surface area contributed by atoms with E-state index in [4.69, 9.17) is 31.4 Å². The van der Waals surface area contributed by atoms with Crippen LogP contribution >= 0.6 is 0 Å². The molecule has 0 aliphatic carbocycles. The Morgan fingerprint density at radius 1 is 0.700 bits per heavy atom. The highest BCUT2D eigenvalue weighted by Crippen LogP contribution is 2.07. The van der Waals surface area contributed by atoms with Crippen LogP contribution in [0.25, 0.3) is 0 Å². The average molecular weight is 121 g/mol. The molecular formula is C6H6B4. The zero-order valence-electron chi connectivity index (χ0n) is 6.31. The highest BCUT2D eigenvalue weighted by molar-refractivity contribution is 6.43. The van der Waals surface area contributed by atoms with E-state index >= 15 is 0 Å². The van der Waals surface area contributed by atoms with Crippen molar-refractivity contribution in [3.8, 4) is 0 Å². The van der Waals surface area contributed by atoms with Gasteiger partial charge >= 0.3 is 0 Å². The molecule has 0 nitrogen and oxygen atoms in total. The Morgan fingerprint density at radius 3 is 1.00 bits per heavy atom. The third-order valence-corrected chi connectivity index (χ3v) is 1.14. The Hall–Kier alpha value is -0.260. The first-order chi connectivity index (χ1) is 4.46. The van der Waals surface area contributed by atoms with Crippen LogP contribution in [0.4, 0.5) is 0 Å². The van der Waals surface area contributed by atoms with Crippen LogP contribution in [0.5, 0.6) is 0 Å². The van der Waals surface area contributed by atoms with Gasteiger partial charge in [0.1, 0.15) is 31.4 Å². The molecule has 0 bridgehead atoms. The molecule has 0 saturated carbocycles.